The van der Waals surface area contributed by atoms with Gasteiger partial charge in [-0.05, 0) is 44.8 Å². The number of guanidine groups is 1. The zero-order valence-corrected chi connectivity index (χ0v) is 18.3. The van der Waals surface area contributed by atoms with Gasteiger partial charge in [-0.15, -0.1) is 0 Å². The Morgan fingerprint density at radius 2 is 1.74 bits per heavy atom. The lowest BCUT2D eigenvalue weighted by Gasteiger charge is -2.40. The second-order valence-electron chi connectivity index (χ2n) is 8.48. The summed E-state index contributed by atoms with van der Waals surface area (Å²) in [6, 6.07) is 5.49. The molecule has 3 rings (SSSR count). The summed E-state index contributed by atoms with van der Waals surface area (Å²) in [4.78, 5) is 10.1. The number of piperidine rings is 1. The Morgan fingerprint density at radius 1 is 1.10 bits per heavy atom. The van der Waals surface area contributed by atoms with E-state index in [1.807, 2.05) is 17.0 Å². The van der Waals surface area contributed by atoms with Gasteiger partial charge in [-0.3, -0.25) is 14.8 Å². The van der Waals surface area contributed by atoms with E-state index < -0.39 is 12.2 Å². The summed E-state index contributed by atoms with van der Waals surface area (Å²) in [5, 5.41) is 3.41. The maximum absolute atomic E-state index is 13.9. The van der Waals surface area contributed by atoms with Crippen molar-refractivity contribution < 1.29 is 17.6 Å². The number of alkyl halides is 3. The van der Waals surface area contributed by atoms with Crippen molar-refractivity contribution >= 4 is 5.96 Å². The quantitative estimate of drug-likeness (QED) is 0.431. The van der Waals surface area contributed by atoms with E-state index in [0.29, 0.717) is 38.6 Å². The topological polar surface area (TPSA) is 34.1 Å². The van der Waals surface area contributed by atoms with Gasteiger partial charge in [0.2, 0.25) is 0 Å². The van der Waals surface area contributed by atoms with Crippen molar-refractivity contribution in [1.82, 2.24) is 20.0 Å². The van der Waals surface area contributed by atoms with Gasteiger partial charge in [0.1, 0.15) is 11.9 Å². The van der Waals surface area contributed by atoms with Crippen molar-refractivity contribution in [3.63, 3.8) is 0 Å². The number of halogens is 4. The molecule has 0 radical (unpaired) electrons. The minimum Gasteiger partial charge on any atom is -0.356 e. The number of hydrogen-bond acceptors (Lipinski definition) is 3. The molecule has 2 saturated heterocycles. The Labute approximate surface area is 182 Å². The van der Waals surface area contributed by atoms with Gasteiger partial charge in [0, 0.05) is 51.9 Å². The SMILES string of the molecule is CN=C(NCC1CCN(Cc2ccccc2F)CC1)N1CCN(C(C)C(F)(F)F)CC1. The third-order valence-corrected chi connectivity index (χ3v) is 6.45. The Hall–Kier alpha value is -1.87. The highest BCUT2D eigenvalue weighted by Crippen LogP contribution is 2.25. The first kappa shape index (κ1) is 23.8. The zero-order valence-electron chi connectivity index (χ0n) is 18.3. The van der Waals surface area contributed by atoms with Crippen LogP contribution in [0.3, 0.4) is 0 Å². The molecule has 0 saturated carbocycles. The van der Waals surface area contributed by atoms with Crippen molar-refractivity contribution in [3.05, 3.63) is 35.6 Å². The minimum atomic E-state index is -4.19. The highest BCUT2D eigenvalue weighted by Gasteiger charge is 2.41. The van der Waals surface area contributed by atoms with Crippen LogP contribution in [0.2, 0.25) is 0 Å². The normalized spacial score (nSPS) is 21.4. The van der Waals surface area contributed by atoms with Gasteiger partial charge in [0.15, 0.2) is 5.96 Å². The predicted octanol–water partition coefficient (Wildman–Crippen LogP) is 3.18. The van der Waals surface area contributed by atoms with Gasteiger partial charge < -0.3 is 10.2 Å². The van der Waals surface area contributed by atoms with Crippen molar-refractivity contribution in [2.24, 2.45) is 10.9 Å². The van der Waals surface area contributed by atoms with E-state index in [1.54, 1.807) is 13.1 Å². The number of nitrogens with zero attached hydrogens (tertiary/aromatic N) is 4. The summed E-state index contributed by atoms with van der Waals surface area (Å²) in [7, 11) is 1.71. The molecule has 0 aromatic heterocycles. The lowest BCUT2D eigenvalue weighted by atomic mass is 9.96. The van der Waals surface area contributed by atoms with E-state index >= 15 is 0 Å². The number of piperazine rings is 1. The van der Waals surface area contributed by atoms with E-state index in [1.165, 1.54) is 17.9 Å². The first-order valence-corrected chi connectivity index (χ1v) is 11.0. The van der Waals surface area contributed by atoms with E-state index in [9.17, 15) is 17.6 Å². The van der Waals surface area contributed by atoms with Crippen LogP contribution in [0.5, 0.6) is 0 Å². The van der Waals surface area contributed by atoms with Crippen LogP contribution in [0, 0.1) is 11.7 Å². The predicted molar refractivity (Wildman–Crippen MR) is 114 cm³/mol. The number of nitrogens with one attached hydrogen (secondary N) is 1. The third-order valence-electron chi connectivity index (χ3n) is 6.45. The van der Waals surface area contributed by atoms with Gasteiger partial charge in [0.25, 0.3) is 0 Å². The monoisotopic (exact) mass is 443 g/mol. The molecule has 1 N–H and O–H groups in total. The molecule has 5 nitrogen and oxygen atoms in total. The standard InChI is InChI=1S/C22H33F4N5/c1-17(22(24,25)26)30-11-13-31(14-12-30)21(27-2)28-15-18-7-9-29(10-8-18)16-19-5-3-4-6-20(19)23/h3-6,17-18H,7-16H2,1-2H3,(H,27,28). The van der Waals surface area contributed by atoms with Gasteiger partial charge in [-0.25, -0.2) is 4.39 Å². The molecule has 1 atom stereocenters. The lowest BCUT2D eigenvalue weighted by Crippen LogP contribution is -2.57. The second kappa shape index (κ2) is 10.6. The Morgan fingerprint density at radius 3 is 2.32 bits per heavy atom. The van der Waals surface area contributed by atoms with E-state index in [4.69, 9.17) is 0 Å². The van der Waals surface area contributed by atoms with Crippen LogP contribution in [0.1, 0.15) is 25.3 Å². The highest BCUT2D eigenvalue weighted by molar-refractivity contribution is 5.80. The van der Waals surface area contributed by atoms with Crippen LogP contribution in [-0.4, -0.2) is 85.7 Å². The summed E-state index contributed by atoms with van der Waals surface area (Å²) in [5.74, 6) is 1.10. The summed E-state index contributed by atoms with van der Waals surface area (Å²) in [6.07, 6.45) is -2.14. The molecule has 1 aromatic carbocycles. The molecule has 174 valence electrons. The number of aliphatic imine (C=N–C) groups is 1. The molecule has 31 heavy (non-hydrogen) atoms. The summed E-state index contributed by atoms with van der Waals surface area (Å²) in [6.45, 7) is 6.30. The summed E-state index contributed by atoms with van der Waals surface area (Å²) < 4.78 is 52.7. The molecule has 2 heterocycles. The molecular weight excluding hydrogens is 410 g/mol. The molecule has 0 aliphatic carbocycles. The molecule has 2 aliphatic heterocycles. The molecule has 1 unspecified atom stereocenters. The molecule has 0 amide bonds. The fourth-order valence-electron chi connectivity index (χ4n) is 4.31. The van der Waals surface area contributed by atoms with Crippen LogP contribution in [0.25, 0.3) is 0 Å². The number of hydrogen-bond donors (Lipinski definition) is 1. The molecular formula is C22H33F4N5. The van der Waals surface area contributed by atoms with Crippen LogP contribution < -0.4 is 5.32 Å². The number of benzene rings is 1. The fraction of sp³-hybridized carbons (Fsp3) is 0.682. The fourth-order valence-corrected chi connectivity index (χ4v) is 4.31. The maximum atomic E-state index is 13.9. The van der Waals surface area contributed by atoms with Crippen molar-refractivity contribution in [1.29, 1.82) is 0 Å². The largest absolute Gasteiger partial charge is 0.403 e. The first-order valence-electron chi connectivity index (χ1n) is 11.0. The lowest BCUT2D eigenvalue weighted by molar-refractivity contribution is -0.181. The molecule has 0 bridgehead atoms. The Balaban J connectivity index is 1.39. The van der Waals surface area contributed by atoms with Gasteiger partial charge in [-0.2, -0.15) is 13.2 Å². The Bertz CT molecular complexity index is 723. The molecule has 1 aromatic rings. The highest BCUT2D eigenvalue weighted by atomic mass is 19.4. The Kier molecular flexibility index (Phi) is 8.16. The van der Waals surface area contributed by atoms with Crippen molar-refractivity contribution in [2.75, 3.05) is 52.9 Å². The van der Waals surface area contributed by atoms with Gasteiger partial charge in [-0.1, -0.05) is 18.2 Å². The van der Waals surface area contributed by atoms with Crippen molar-refractivity contribution in [2.45, 2.75) is 38.5 Å². The van der Waals surface area contributed by atoms with Crippen LogP contribution >= 0.6 is 0 Å². The van der Waals surface area contributed by atoms with Crippen LogP contribution in [-0.2, 0) is 6.54 Å². The van der Waals surface area contributed by atoms with Crippen LogP contribution in [0.15, 0.2) is 29.3 Å². The maximum Gasteiger partial charge on any atom is 0.403 e. The third kappa shape index (κ3) is 6.55. The average molecular weight is 444 g/mol. The van der Waals surface area contributed by atoms with E-state index in [-0.39, 0.29) is 5.82 Å². The van der Waals surface area contributed by atoms with Gasteiger partial charge >= 0.3 is 6.18 Å². The number of likely N-dealkylation sites (tertiary alicyclic amines) is 1. The number of rotatable bonds is 5. The van der Waals surface area contributed by atoms with Crippen molar-refractivity contribution in [3.8, 4) is 0 Å². The van der Waals surface area contributed by atoms with Crippen LogP contribution in [0.4, 0.5) is 17.6 Å². The minimum absolute atomic E-state index is 0.153. The molecule has 0 spiro atoms. The molecule has 9 heteroatoms. The van der Waals surface area contributed by atoms with E-state index in [2.05, 4.69) is 15.2 Å². The summed E-state index contributed by atoms with van der Waals surface area (Å²) >= 11 is 0. The second-order valence-corrected chi connectivity index (χ2v) is 8.48. The van der Waals surface area contributed by atoms with Gasteiger partial charge in [0.05, 0.1) is 0 Å². The summed E-state index contributed by atoms with van der Waals surface area (Å²) in [5.41, 5.74) is 0.735. The average Bonchev–Trinajstić information content (AvgIpc) is 2.76. The first-order chi connectivity index (χ1) is 14.8. The smallest absolute Gasteiger partial charge is 0.356 e. The zero-order chi connectivity index (χ0) is 22.4. The van der Waals surface area contributed by atoms with E-state index in [0.717, 1.165) is 44.0 Å². The molecule has 2 aliphatic rings. The molecule has 2 fully saturated rings.